The Morgan fingerprint density at radius 3 is 2.05 bits per heavy atom. The molecule has 0 aliphatic rings. The summed E-state index contributed by atoms with van der Waals surface area (Å²) >= 11 is 0. The molecule has 4 nitrogen and oxygen atoms in total. The zero-order valence-electron chi connectivity index (χ0n) is 13.1. The van der Waals surface area contributed by atoms with Crippen molar-refractivity contribution in [1.82, 2.24) is 0 Å². The molecule has 0 aromatic rings. The lowest BCUT2D eigenvalue weighted by Crippen LogP contribution is -2.25. The van der Waals surface area contributed by atoms with E-state index in [-0.39, 0.29) is 18.4 Å². The van der Waals surface area contributed by atoms with Crippen LogP contribution in [0.25, 0.3) is 0 Å². The first-order valence-corrected chi connectivity index (χ1v) is 6.55. The van der Waals surface area contributed by atoms with E-state index in [1.165, 1.54) is 0 Å². The highest BCUT2D eigenvalue weighted by atomic mass is 16.6. The topological polar surface area (TPSA) is 52.6 Å². The predicted molar refractivity (Wildman–Crippen MR) is 74.6 cm³/mol. The smallest absolute Gasteiger partial charge is 0.333 e. The maximum atomic E-state index is 11.8. The second-order valence-electron chi connectivity index (χ2n) is 6.30. The zero-order chi connectivity index (χ0) is 15.3. The Labute approximate surface area is 116 Å². The van der Waals surface area contributed by atoms with E-state index in [1.54, 1.807) is 19.9 Å². The molecule has 0 spiro atoms. The van der Waals surface area contributed by atoms with Crippen molar-refractivity contribution in [1.29, 1.82) is 0 Å². The van der Waals surface area contributed by atoms with Crippen LogP contribution in [0.15, 0.2) is 11.6 Å². The van der Waals surface area contributed by atoms with E-state index in [1.807, 2.05) is 34.6 Å². The molecular weight excluding hydrogens is 244 g/mol. The van der Waals surface area contributed by atoms with Crippen molar-refractivity contribution in [3.63, 3.8) is 0 Å². The quantitative estimate of drug-likeness (QED) is 0.568. The number of ether oxygens (including phenoxy) is 2. The van der Waals surface area contributed by atoms with E-state index < -0.39 is 11.0 Å². The van der Waals surface area contributed by atoms with Gasteiger partial charge in [0.2, 0.25) is 0 Å². The molecular formula is C15H26O4. The van der Waals surface area contributed by atoms with Gasteiger partial charge in [0.25, 0.3) is 0 Å². The number of esters is 2. The van der Waals surface area contributed by atoms with Crippen molar-refractivity contribution >= 4 is 11.9 Å². The highest BCUT2D eigenvalue weighted by Crippen LogP contribution is 2.25. The highest BCUT2D eigenvalue weighted by molar-refractivity contribution is 5.88. The molecule has 0 fully saturated rings. The van der Waals surface area contributed by atoms with Gasteiger partial charge in [-0.05, 0) is 40.0 Å². The molecule has 0 aliphatic heterocycles. The molecule has 0 aromatic carbocycles. The minimum atomic E-state index is -0.516. The summed E-state index contributed by atoms with van der Waals surface area (Å²) in [5.41, 5.74) is -0.450. The first-order valence-electron chi connectivity index (χ1n) is 6.55. The maximum absolute atomic E-state index is 11.8. The van der Waals surface area contributed by atoms with E-state index in [2.05, 4.69) is 0 Å². The molecule has 4 heteroatoms. The van der Waals surface area contributed by atoms with E-state index in [9.17, 15) is 9.59 Å². The average molecular weight is 270 g/mol. The number of carbonyl (C=O) groups excluding carboxylic acids is 2. The van der Waals surface area contributed by atoms with Crippen LogP contribution in [0, 0.1) is 5.41 Å². The van der Waals surface area contributed by atoms with Crippen LogP contribution in [-0.2, 0) is 19.1 Å². The standard InChI is InChI=1S/C15H26O4/c1-8-18-12(16)10-15(6,7)9-11(2)13(17)19-14(3,4)5/h9H,8,10H2,1-7H3/b11-9-. The summed E-state index contributed by atoms with van der Waals surface area (Å²) in [6.07, 6.45) is 2.00. The Hall–Kier alpha value is -1.32. The Kier molecular flexibility index (Phi) is 6.27. The van der Waals surface area contributed by atoms with Gasteiger partial charge < -0.3 is 9.47 Å². The van der Waals surface area contributed by atoms with Gasteiger partial charge in [-0.2, -0.15) is 0 Å². The molecule has 0 aliphatic carbocycles. The van der Waals surface area contributed by atoms with E-state index >= 15 is 0 Å². The summed E-state index contributed by atoms with van der Waals surface area (Å²) in [4.78, 5) is 23.3. The summed E-state index contributed by atoms with van der Waals surface area (Å²) in [6.45, 7) is 13.1. The average Bonchev–Trinajstić information content (AvgIpc) is 2.12. The van der Waals surface area contributed by atoms with Crippen LogP contribution in [0.1, 0.15) is 54.9 Å². The normalized spacial score (nSPS) is 13.1. The third-order valence-corrected chi connectivity index (χ3v) is 2.23. The lowest BCUT2D eigenvalue weighted by molar-refractivity contribution is -0.150. The second kappa shape index (κ2) is 6.73. The molecule has 0 bridgehead atoms. The van der Waals surface area contributed by atoms with Gasteiger partial charge in [0.15, 0.2) is 0 Å². The Morgan fingerprint density at radius 1 is 1.11 bits per heavy atom. The van der Waals surface area contributed by atoms with Gasteiger partial charge in [0.05, 0.1) is 13.0 Å². The lowest BCUT2D eigenvalue weighted by Gasteiger charge is -2.22. The van der Waals surface area contributed by atoms with Crippen molar-refractivity contribution in [2.75, 3.05) is 6.61 Å². The van der Waals surface area contributed by atoms with Crippen molar-refractivity contribution in [3.8, 4) is 0 Å². The molecule has 0 aromatic heterocycles. The minimum Gasteiger partial charge on any atom is -0.466 e. The fraction of sp³-hybridized carbons (Fsp3) is 0.733. The van der Waals surface area contributed by atoms with Crippen LogP contribution in [-0.4, -0.2) is 24.1 Å². The molecule has 0 saturated carbocycles. The van der Waals surface area contributed by atoms with E-state index in [4.69, 9.17) is 9.47 Å². The summed E-state index contributed by atoms with van der Waals surface area (Å²) in [6, 6.07) is 0. The van der Waals surface area contributed by atoms with Crippen molar-refractivity contribution in [2.45, 2.75) is 60.5 Å². The first kappa shape index (κ1) is 17.7. The van der Waals surface area contributed by atoms with Crippen molar-refractivity contribution in [2.24, 2.45) is 5.41 Å². The predicted octanol–water partition coefficient (Wildman–Crippen LogP) is 3.25. The summed E-state index contributed by atoms with van der Waals surface area (Å²) in [7, 11) is 0. The number of hydrogen-bond acceptors (Lipinski definition) is 4. The van der Waals surface area contributed by atoms with Gasteiger partial charge in [-0.3, -0.25) is 4.79 Å². The van der Waals surface area contributed by atoms with Gasteiger partial charge >= 0.3 is 11.9 Å². The monoisotopic (exact) mass is 270 g/mol. The van der Waals surface area contributed by atoms with E-state index in [0.29, 0.717) is 12.2 Å². The first-order chi connectivity index (χ1) is 8.47. The van der Waals surface area contributed by atoms with E-state index in [0.717, 1.165) is 0 Å². The number of carbonyl (C=O) groups is 2. The number of rotatable bonds is 5. The van der Waals surface area contributed by atoms with Gasteiger partial charge in [0.1, 0.15) is 5.60 Å². The third kappa shape index (κ3) is 8.41. The molecule has 0 rings (SSSR count). The number of allylic oxidation sites excluding steroid dienone is 1. The summed E-state index contributed by atoms with van der Waals surface area (Å²) < 4.78 is 10.2. The summed E-state index contributed by atoms with van der Waals surface area (Å²) in [5, 5.41) is 0. The van der Waals surface area contributed by atoms with Crippen LogP contribution >= 0.6 is 0 Å². The third-order valence-electron chi connectivity index (χ3n) is 2.23. The van der Waals surface area contributed by atoms with Gasteiger partial charge in [-0.15, -0.1) is 0 Å². The van der Waals surface area contributed by atoms with Crippen LogP contribution in [0.3, 0.4) is 0 Å². The Morgan fingerprint density at radius 2 is 1.63 bits per heavy atom. The van der Waals surface area contributed by atoms with Crippen LogP contribution < -0.4 is 0 Å². The molecule has 0 heterocycles. The second-order valence-corrected chi connectivity index (χ2v) is 6.30. The highest BCUT2D eigenvalue weighted by Gasteiger charge is 2.24. The zero-order valence-corrected chi connectivity index (χ0v) is 13.1. The maximum Gasteiger partial charge on any atom is 0.333 e. The van der Waals surface area contributed by atoms with Crippen LogP contribution in [0.2, 0.25) is 0 Å². The SMILES string of the molecule is CCOC(=O)CC(C)(C)/C=C(/C)C(=O)OC(C)(C)C. The molecule has 0 amide bonds. The number of hydrogen-bond donors (Lipinski definition) is 0. The molecule has 19 heavy (non-hydrogen) atoms. The Bertz CT molecular complexity index is 359. The fourth-order valence-electron chi connectivity index (χ4n) is 1.64. The van der Waals surface area contributed by atoms with Crippen molar-refractivity contribution in [3.05, 3.63) is 11.6 Å². The Balaban J connectivity index is 4.72. The van der Waals surface area contributed by atoms with Crippen LogP contribution in [0.4, 0.5) is 0 Å². The fourth-order valence-corrected chi connectivity index (χ4v) is 1.64. The molecule has 0 unspecified atom stereocenters. The largest absolute Gasteiger partial charge is 0.466 e. The molecule has 0 radical (unpaired) electrons. The minimum absolute atomic E-state index is 0.237. The summed E-state index contributed by atoms with van der Waals surface area (Å²) in [5.74, 6) is -0.620. The van der Waals surface area contributed by atoms with Crippen molar-refractivity contribution < 1.29 is 19.1 Å². The van der Waals surface area contributed by atoms with Gasteiger partial charge in [0, 0.05) is 5.57 Å². The lowest BCUT2D eigenvalue weighted by atomic mass is 9.87. The molecule has 0 atom stereocenters. The molecule has 110 valence electrons. The van der Waals surface area contributed by atoms with Gasteiger partial charge in [-0.1, -0.05) is 19.9 Å². The van der Waals surface area contributed by atoms with Crippen LogP contribution in [0.5, 0.6) is 0 Å². The van der Waals surface area contributed by atoms with Gasteiger partial charge in [-0.25, -0.2) is 4.79 Å². The molecule has 0 saturated heterocycles. The molecule has 0 N–H and O–H groups in total.